The van der Waals surface area contributed by atoms with Crippen LogP contribution < -0.4 is 9.62 Å². The summed E-state index contributed by atoms with van der Waals surface area (Å²) in [6.45, 7) is 8.36. The van der Waals surface area contributed by atoms with Gasteiger partial charge in [0.05, 0.1) is 11.4 Å². The van der Waals surface area contributed by atoms with Crippen molar-refractivity contribution in [3.63, 3.8) is 0 Å². The van der Waals surface area contributed by atoms with Gasteiger partial charge in [-0.15, -0.1) is 0 Å². The van der Waals surface area contributed by atoms with Gasteiger partial charge in [-0.25, -0.2) is 23.1 Å². The molecule has 0 spiro atoms. The number of aryl methyl sites for hydroxylation is 2. The fourth-order valence-corrected chi connectivity index (χ4v) is 4.86. The second kappa shape index (κ2) is 8.32. The number of hydrogen-bond acceptors (Lipinski definition) is 7. The van der Waals surface area contributed by atoms with Crippen molar-refractivity contribution < 1.29 is 8.42 Å². The first-order valence-electron chi connectivity index (χ1n) is 9.12. The number of anilines is 1. The largest absolute Gasteiger partial charge is 0.338 e. The summed E-state index contributed by atoms with van der Waals surface area (Å²) in [6.07, 6.45) is 4.28. The van der Waals surface area contributed by atoms with Crippen molar-refractivity contribution in [3.05, 3.63) is 29.8 Å². The van der Waals surface area contributed by atoms with Crippen LogP contribution in [0.15, 0.2) is 23.4 Å². The summed E-state index contributed by atoms with van der Waals surface area (Å²) in [5.74, 6) is 0.770. The number of aromatic nitrogens is 4. The lowest BCUT2D eigenvalue weighted by molar-refractivity contribution is 0.254. The van der Waals surface area contributed by atoms with Gasteiger partial charge in [-0.1, -0.05) is 0 Å². The van der Waals surface area contributed by atoms with Crippen molar-refractivity contribution in [2.45, 2.75) is 25.2 Å². The highest BCUT2D eigenvalue weighted by Crippen LogP contribution is 2.18. The summed E-state index contributed by atoms with van der Waals surface area (Å²) in [7, 11) is -1.77. The Morgan fingerprint density at radius 2 is 1.78 bits per heavy atom. The van der Waals surface area contributed by atoms with E-state index in [2.05, 4.69) is 29.6 Å². The maximum atomic E-state index is 12.5. The first kappa shape index (κ1) is 19.7. The molecule has 0 saturated carbocycles. The van der Waals surface area contributed by atoms with Gasteiger partial charge in [-0.2, -0.15) is 5.10 Å². The van der Waals surface area contributed by atoms with Gasteiger partial charge in [0.25, 0.3) is 0 Å². The van der Waals surface area contributed by atoms with Gasteiger partial charge >= 0.3 is 0 Å². The van der Waals surface area contributed by atoms with Crippen LogP contribution in [-0.2, 0) is 17.1 Å². The zero-order valence-corrected chi connectivity index (χ0v) is 16.9. The number of hydrogen-bond donors (Lipinski definition) is 1. The minimum Gasteiger partial charge on any atom is -0.338 e. The first-order chi connectivity index (χ1) is 12.9. The molecule has 1 fully saturated rings. The summed E-state index contributed by atoms with van der Waals surface area (Å²) in [5, 5.41) is 4.19. The molecule has 10 heteroatoms. The number of nitrogens with one attached hydrogen (secondary N) is 1. The Labute approximate surface area is 160 Å². The van der Waals surface area contributed by atoms with Crippen molar-refractivity contribution in [3.8, 4) is 0 Å². The SMILES string of the molecule is Cc1nn(C)c(C)c1S(=O)(=O)NCCCN1CCN(c2ncccn2)CC1. The Morgan fingerprint density at radius 1 is 1.11 bits per heavy atom. The zero-order valence-electron chi connectivity index (χ0n) is 16.1. The van der Waals surface area contributed by atoms with Crippen LogP contribution in [0.3, 0.4) is 0 Å². The number of sulfonamides is 1. The smallest absolute Gasteiger partial charge is 0.244 e. The van der Waals surface area contributed by atoms with E-state index in [1.807, 2.05) is 6.07 Å². The molecule has 9 nitrogen and oxygen atoms in total. The standard InChI is InChI=1S/C17H27N7O2S/c1-14-16(15(2)22(3)21-14)27(25,26)20-8-5-9-23-10-12-24(13-11-23)17-18-6-4-7-19-17/h4,6-7,20H,5,8-13H2,1-3H3. The van der Waals surface area contributed by atoms with Crippen molar-refractivity contribution in [1.82, 2.24) is 29.4 Å². The lowest BCUT2D eigenvalue weighted by Gasteiger charge is -2.34. The molecule has 27 heavy (non-hydrogen) atoms. The van der Waals surface area contributed by atoms with Crippen molar-refractivity contribution in [2.24, 2.45) is 7.05 Å². The van der Waals surface area contributed by atoms with Crippen molar-refractivity contribution >= 4 is 16.0 Å². The van der Waals surface area contributed by atoms with Crippen LogP contribution >= 0.6 is 0 Å². The molecule has 2 aromatic rings. The van der Waals surface area contributed by atoms with Crippen LogP contribution in [0.5, 0.6) is 0 Å². The van der Waals surface area contributed by atoms with E-state index in [0.717, 1.165) is 45.1 Å². The van der Waals surface area contributed by atoms with Crippen LogP contribution in [0.25, 0.3) is 0 Å². The van der Waals surface area contributed by atoms with E-state index < -0.39 is 10.0 Å². The van der Waals surface area contributed by atoms with E-state index >= 15 is 0 Å². The molecule has 0 atom stereocenters. The summed E-state index contributed by atoms with van der Waals surface area (Å²) in [4.78, 5) is 13.4. The highest BCUT2D eigenvalue weighted by Gasteiger charge is 2.23. The molecule has 3 heterocycles. The van der Waals surface area contributed by atoms with Gasteiger partial charge in [0.15, 0.2) is 0 Å². The maximum Gasteiger partial charge on any atom is 0.244 e. The van der Waals surface area contributed by atoms with Crippen LogP contribution in [0.2, 0.25) is 0 Å². The molecule has 0 unspecified atom stereocenters. The summed E-state index contributed by atoms with van der Waals surface area (Å²) >= 11 is 0. The molecule has 3 rings (SSSR count). The minimum atomic E-state index is -3.53. The quantitative estimate of drug-likeness (QED) is 0.677. The monoisotopic (exact) mass is 393 g/mol. The van der Waals surface area contributed by atoms with Crippen LogP contribution in [0.4, 0.5) is 5.95 Å². The van der Waals surface area contributed by atoms with Gasteiger partial charge in [0.2, 0.25) is 16.0 Å². The zero-order chi connectivity index (χ0) is 19.4. The molecule has 1 saturated heterocycles. The van der Waals surface area contributed by atoms with E-state index in [4.69, 9.17) is 0 Å². The van der Waals surface area contributed by atoms with Crippen molar-refractivity contribution in [1.29, 1.82) is 0 Å². The van der Waals surface area contributed by atoms with Crippen LogP contribution in [0, 0.1) is 13.8 Å². The fourth-order valence-electron chi connectivity index (χ4n) is 3.35. The Morgan fingerprint density at radius 3 is 2.37 bits per heavy atom. The van der Waals surface area contributed by atoms with Gasteiger partial charge in [-0.05, 0) is 32.9 Å². The molecule has 0 amide bonds. The van der Waals surface area contributed by atoms with Crippen molar-refractivity contribution in [2.75, 3.05) is 44.2 Å². The van der Waals surface area contributed by atoms with Crippen LogP contribution in [-0.4, -0.2) is 72.3 Å². The Balaban J connectivity index is 1.43. The molecule has 1 aliphatic rings. The average molecular weight is 394 g/mol. The Hall–Kier alpha value is -2.04. The van der Waals surface area contributed by atoms with Gasteiger partial charge in [-0.3, -0.25) is 9.58 Å². The van der Waals surface area contributed by atoms with Gasteiger partial charge in [0.1, 0.15) is 4.90 Å². The van der Waals surface area contributed by atoms with E-state index in [9.17, 15) is 8.42 Å². The van der Waals surface area contributed by atoms with Gasteiger partial charge < -0.3 is 4.90 Å². The average Bonchev–Trinajstić information content (AvgIpc) is 2.92. The lowest BCUT2D eigenvalue weighted by atomic mass is 10.3. The maximum absolute atomic E-state index is 12.5. The Bertz CT molecular complexity index is 859. The minimum absolute atomic E-state index is 0.293. The number of piperazine rings is 1. The molecule has 1 aliphatic heterocycles. The lowest BCUT2D eigenvalue weighted by Crippen LogP contribution is -2.47. The van der Waals surface area contributed by atoms with Gasteiger partial charge in [0, 0.05) is 52.2 Å². The first-order valence-corrected chi connectivity index (χ1v) is 10.6. The van der Waals surface area contributed by atoms with E-state index in [-0.39, 0.29) is 0 Å². The summed E-state index contributed by atoms with van der Waals surface area (Å²) in [5.41, 5.74) is 1.18. The normalized spacial score (nSPS) is 16.0. The molecular weight excluding hydrogens is 366 g/mol. The molecule has 2 aromatic heterocycles. The second-order valence-corrected chi connectivity index (χ2v) is 8.46. The third kappa shape index (κ3) is 4.63. The molecule has 0 aromatic carbocycles. The predicted octanol–water partition coefficient (Wildman–Crippen LogP) is 0.318. The molecular formula is C17H27N7O2S. The second-order valence-electron chi connectivity index (χ2n) is 6.75. The predicted molar refractivity (Wildman–Crippen MR) is 103 cm³/mol. The molecule has 0 radical (unpaired) electrons. The van der Waals surface area contributed by atoms with Crippen LogP contribution in [0.1, 0.15) is 17.8 Å². The number of rotatable bonds is 7. The molecule has 1 N–H and O–H groups in total. The van der Waals surface area contributed by atoms with E-state index in [1.54, 1.807) is 38.0 Å². The van der Waals surface area contributed by atoms with E-state index in [0.29, 0.717) is 22.8 Å². The topological polar surface area (TPSA) is 96.2 Å². The summed E-state index contributed by atoms with van der Waals surface area (Å²) in [6, 6.07) is 1.81. The Kier molecular flexibility index (Phi) is 6.08. The molecule has 148 valence electrons. The third-order valence-electron chi connectivity index (χ3n) is 4.86. The molecule has 0 bridgehead atoms. The fraction of sp³-hybridized carbons (Fsp3) is 0.588. The summed E-state index contributed by atoms with van der Waals surface area (Å²) < 4.78 is 29.4. The van der Waals surface area contributed by atoms with E-state index in [1.165, 1.54) is 0 Å². The molecule has 0 aliphatic carbocycles. The highest BCUT2D eigenvalue weighted by molar-refractivity contribution is 7.89. The highest BCUT2D eigenvalue weighted by atomic mass is 32.2. The third-order valence-corrected chi connectivity index (χ3v) is 6.57. The number of nitrogens with zero attached hydrogens (tertiary/aromatic N) is 6.